The molecule has 2 fully saturated rings. The summed E-state index contributed by atoms with van der Waals surface area (Å²) in [5, 5.41) is 1.89. The first-order valence-corrected chi connectivity index (χ1v) is 11.2. The molecule has 152 valence electrons. The van der Waals surface area contributed by atoms with Gasteiger partial charge in [-0.05, 0) is 36.2 Å². The lowest BCUT2D eigenvalue weighted by atomic mass is 9.87. The van der Waals surface area contributed by atoms with Crippen LogP contribution in [0.15, 0.2) is 54.6 Å². The van der Waals surface area contributed by atoms with Gasteiger partial charge in [0.15, 0.2) is 0 Å². The smallest absolute Gasteiger partial charge is 0.236 e. The largest absolute Gasteiger partial charge is 0.497 e. The van der Waals surface area contributed by atoms with Crippen molar-refractivity contribution in [3.63, 3.8) is 0 Å². The predicted molar refractivity (Wildman–Crippen MR) is 120 cm³/mol. The molecule has 0 bridgehead atoms. The number of thioether (sulfide) groups is 1. The third-order valence-corrected chi connectivity index (χ3v) is 6.85. The molecular weight excluding hydrogens is 404 g/mol. The molecule has 5 nitrogen and oxygen atoms in total. The minimum atomic E-state index is -0.342. The molecule has 0 radical (unpaired) electrons. The monoisotopic (exact) mass is 428 g/mol. The normalized spacial score (nSPS) is 24.2. The van der Waals surface area contributed by atoms with Crippen LogP contribution >= 0.6 is 24.0 Å². The van der Waals surface area contributed by atoms with E-state index in [2.05, 4.69) is 6.92 Å². The zero-order valence-electron chi connectivity index (χ0n) is 16.5. The molecule has 2 aliphatic rings. The average Bonchev–Trinajstić information content (AvgIpc) is 3.37. The second-order valence-electron chi connectivity index (χ2n) is 7.06. The molecule has 7 heteroatoms. The van der Waals surface area contributed by atoms with E-state index in [0.29, 0.717) is 10.9 Å². The van der Waals surface area contributed by atoms with Crippen LogP contribution < -0.4 is 9.80 Å². The molecule has 4 rings (SSSR count). The van der Waals surface area contributed by atoms with E-state index < -0.39 is 0 Å². The van der Waals surface area contributed by atoms with Crippen LogP contribution in [0.2, 0.25) is 0 Å². The van der Waals surface area contributed by atoms with Crippen LogP contribution in [0.3, 0.4) is 0 Å². The third-order valence-electron chi connectivity index (χ3n) is 5.42. The lowest BCUT2D eigenvalue weighted by Crippen LogP contribution is -2.41. The van der Waals surface area contributed by atoms with E-state index in [-0.39, 0.29) is 24.0 Å². The minimum Gasteiger partial charge on any atom is -0.497 e. The quantitative estimate of drug-likeness (QED) is 0.656. The Labute approximate surface area is 180 Å². The maximum Gasteiger partial charge on any atom is 0.236 e. The number of rotatable bonds is 5. The average molecular weight is 429 g/mol. The number of amides is 1. The number of carbonyl (C=O) groups is 1. The van der Waals surface area contributed by atoms with Crippen molar-refractivity contribution in [1.29, 1.82) is 0 Å². The summed E-state index contributed by atoms with van der Waals surface area (Å²) in [6.45, 7) is 2.72. The Hall–Kier alpha value is -2.09. The molecule has 0 N–H and O–H groups in total. The summed E-state index contributed by atoms with van der Waals surface area (Å²) in [6.07, 6.45) is 0.517. The van der Waals surface area contributed by atoms with Gasteiger partial charge in [0, 0.05) is 12.3 Å². The van der Waals surface area contributed by atoms with Gasteiger partial charge in [0.05, 0.1) is 30.9 Å². The molecule has 2 aromatic carbocycles. The van der Waals surface area contributed by atoms with E-state index in [4.69, 9.17) is 21.8 Å². The summed E-state index contributed by atoms with van der Waals surface area (Å²) in [6, 6.07) is 17.6. The SMILES string of the molecule is CC[C@@H]1ON(c2ccccc2)[C@@H](c2ccc(OC)cc2)[C@H]1C(=O)N1CCSC1=S. The van der Waals surface area contributed by atoms with Gasteiger partial charge in [-0.1, -0.05) is 61.2 Å². The summed E-state index contributed by atoms with van der Waals surface area (Å²) >= 11 is 7.00. The Morgan fingerprint density at radius 3 is 2.52 bits per heavy atom. The number of hydrogen-bond acceptors (Lipinski definition) is 6. The molecule has 2 heterocycles. The first-order valence-electron chi connectivity index (χ1n) is 9.77. The van der Waals surface area contributed by atoms with Crippen molar-refractivity contribution < 1.29 is 14.4 Å². The Kier molecular flexibility index (Phi) is 6.08. The maximum atomic E-state index is 13.6. The van der Waals surface area contributed by atoms with Crippen LogP contribution in [0.5, 0.6) is 5.75 Å². The van der Waals surface area contributed by atoms with Crippen LogP contribution in [-0.4, -0.2) is 40.6 Å². The molecule has 29 heavy (non-hydrogen) atoms. The molecule has 2 aliphatic heterocycles. The van der Waals surface area contributed by atoms with E-state index in [9.17, 15) is 4.79 Å². The summed E-state index contributed by atoms with van der Waals surface area (Å²) in [7, 11) is 1.65. The number of nitrogens with zero attached hydrogens (tertiary/aromatic N) is 2. The summed E-state index contributed by atoms with van der Waals surface area (Å²) in [4.78, 5) is 21.7. The fraction of sp³-hybridized carbons (Fsp3) is 0.364. The second kappa shape index (κ2) is 8.73. The Morgan fingerprint density at radius 1 is 1.21 bits per heavy atom. The summed E-state index contributed by atoms with van der Waals surface area (Å²) in [5.74, 6) is 1.34. The van der Waals surface area contributed by atoms with Crippen molar-refractivity contribution in [2.75, 3.05) is 24.5 Å². The second-order valence-corrected chi connectivity index (χ2v) is 8.79. The standard InChI is InChI=1S/C22H24N2O3S2/c1-3-18-19(21(25)23-13-14-29-22(23)28)20(15-9-11-17(26-2)12-10-15)24(27-18)16-7-5-4-6-8-16/h4-12,18-20H,3,13-14H2,1-2H3/t18-,19-,20-/m0/s1. The van der Waals surface area contributed by atoms with Crippen LogP contribution in [0, 0.1) is 5.92 Å². The van der Waals surface area contributed by atoms with E-state index in [1.807, 2.05) is 59.7 Å². The summed E-state index contributed by atoms with van der Waals surface area (Å²) < 4.78 is 5.98. The number of hydroxylamine groups is 1. The van der Waals surface area contributed by atoms with Gasteiger partial charge >= 0.3 is 0 Å². The predicted octanol–water partition coefficient (Wildman–Crippen LogP) is 4.44. The van der Waals surface area contributed by atoms with Crippen molar-refractivity contribution in [3.8, 4) is 5.75 Å². The summed E-state index contributed by atoms with van der Waals surface area (Å²) in [5.41, 5.74) is 1.95. The van der Waals surface area contributed by atoms with Gasteiger partial charge in [-0.3, -0.25) is 14.5 Å². The highest BCUT2D eigenvalue weighted by Gasteiger charge is 2.50. The van der Waals surface area contributed by atoms with Crippen molar-refractivity contribution in [2.45, 2.75) is 25.5 Å². The van der Waals surface area contributed by atoms with Gasteiger partial charge < -0.3 is 4.74 Å². The molecule has 2 aromatic rings. The molecule has 0 aromatic heterocycles. The van der Waals surface area contributed by atoms with Crippen LogP contribution in [-0.2, 0) is 9.63 Å². The van der Waals surface area contributed by atoms with Crippen molar-refractivity contribution in [2.24, 2.45) is 5.92 Å². The highest BCUT2D eigenvalue weighted by atomic mass is 32.2. The first-order chi connectivity index (χ1) is 14.1. The highest BCUT2D eigenvalue weighted by molar-refractivity contribution is 8.23. The van der Waals surface area contributed by atoms with Crippen LogP contribution in [0.1, 0.15) is 24.9 Å². The number of thiocarbonyl (C=S) groups is 1. The van der Waals surface area contributed by atoms with Crippen LogP contribution in [0.25, 0.3) is 0 Å². The van der Waals surface area contributed by atoms with Gasteiger partial charge in [-0.25, -0.2) is 5.06 Å². The fourth-order valence-corrected chi connectivity index (χ4v) is 5.18. The molecular formula is C22H24N2O3S2. The van der Waals surface area contributed by atoms with Gasteiger partial charge in [-0.15, -0.1) is 0 Å². The van der Waals surface area contributed by atoms with Gasteiger partial charge in [0.2, 0.25) is 5.91 Å². The number of anilines is 1. The number of para-hydroxylation sites is 1. The number of ether oxygens (including phenoxy) is 1. The molecule has 0 aliphatic carbocycles. The fourth-order valence-electron chi connectivity index (χ4n) is 3.96. The van der Waals surface area contributed by atoms with E-state index in [1.165, 1.54) is 0 Å². The zero-order valence-corrected chi connectivity index (χ0v) is 18.1. The van der Waals surface area contributed by atoms with Gasteiger partial charge in [0.25, 0.3) is 0 Å². The topological polar surface area (TPSA) is 42.0 Å². The molecule has 0 saturated carbocycles. The molecule has 1 amide bonds. The van der Waals surface area contributed by atoms with E-state index in [1.54, 1.807) is 23.8 Å². The molecule has 0 unspecified atom stereocenters. The third kappa shape index (κ3) is 3.86. The number of hydrogen-bond donors (Lipinski definition) is 0. The molecule has 0 spiro atoms. The highest BCUT2D eigenvalue weighted by Crippen LogP contribution is 2.45. The number of benzene rings is 2. The van der Waals surface area contributed by atoms with Gasteiger partial charge in [0.1, 0.15) is 10.1 Å². The van der Waals surface area contributed by atoms with E-state index in [0.717, 1.165) is 29.2 Å². The number of carbonyl (C=O) groups excluding carboxylic acids is 1. The maximum absolute atomic E-state index is 13.6. The molecule has 2 saturated heterocycles. The minimum absolute atomic E-state index is 0.0473. The first kappa shape index (κ1) is 20.2. The molecule has 3 atom stereocenters. The Morgan fingerprint density at radius 2 is 1.93 bits per heavy atom. The van der Waals surface area contributed by atoms with E-state index >= 15 is 0 Å². The van der Waals surface area contributed by atoms with Crippen LogP contribution in [0.4, 0.5) is 5.69 Å². The van der Waals surface area contributed by atoms with Crippen molar-refractivity contribution >= 4 is 39.9 Å². The Bertz CT molecular complexity index is 875. The van der Waals surface area contributed by atoms with Crippen molar-refractivity contribution in [3.05, 3.63) is 60.2 Å². The zero-order chi connectivity index (χ0) is 20.4. The Balaban J connectivity index is 1.76. The lowest BCUT2D eigenvalue weighted by Gasteiger charge is -2.29. The lowest BCUT2D eigenvalue weighted by molar-refractivity contribution is -0.133. The van der Waals surface area contributed by atoms with Crippen molar-refractivity contribution in [1.82, 2.24) is 4.90 Å². The van der Waals surface area contributed by atoms with Gasteiger partial charge in [-0.2, -0.15) is 0 Å². The number of methoxy groups -OCH3 is 1.